The third-order valence-corrected chi connectivity index (χ3v) is 3.43. The predicted molar refractivity (Wildman–Crippen MR) is 70.0 cm³/mol. The van der Waals surface area contributed by atoms with Crippen LogP contribution < -0.4 is 10.6 Å². The van der Waals surface area contributed by atoms with Gasteiger partial charge in [-0.1, -0.05) is 24.6 Å². The summed E-state index contributed by atoms with van der Waals surface area (Å²) in [5, 5.41) is 0. The summed E-state index contributed by atoms with van der Waals surface area (Å²) in [6, 6.07) is 7.08. The molecule has 2 rings (SSSR count). The summed E-state index contributed by atoms with van der Waals surface area (Å²) in [6.07, 6.45) is 3.53. The SMILES string of the molecule is CCC(N)CN1CCCc2cc(C)ccc21. The van der Waals surface area contributed by atoms with Crippen molar-refractivity contribution in [3.63, 3.8) is 0 Å². The molecule has 0 spiro atoms. The standard InChI is InChI=1S/C14H22N2/c1-3-13(15)10-16-8-4-5-12-9-11(2)6-7-14(12)16/h6-7,9,13H,3-5,8,10,15H2,1-2H3. The van der Waals surface area contributed by atoms with Crippen LogP contribution in [0.15, 0.2) is 18.2 Å². The zero-order valence-electron chi connectivity index (χ0n) is 10.4. The summed E-state index contributed by atoms with van der Waals surface area (Å²) in [5.41, 5.74) is 10.3. The first kappa shape index (κ1) is 11.5. The lowest BCUT2D eigenvalue weighted by Crippen LogP contribution is -2.39. The van der Waals surface area contributed by atoms with Gasteiger partial charge in [-0.25, -0.2) is 0 Å². The first-order valence-electron chi connectivity index (χ1n) is 6.30. The minimum Gasteiger partial charge on any atom is -0.370 e. The molecule has 1 aromatic rings. The van der Waals surface area contributed by atoms with E-state index in [4.69, 9.17) is 5.73 Å². The monoisotopic (exact) mass is 218 g/mol. The van der Waals surface area contributed by atoms with Gasteiger partial charge in [0.2, 0.25) is 0 Å². The molecule has 1 aliphatic rings. The van der Waals surface area contributed by atoms with E-state index in [-0.39, 0.29) is 0 Å². The Bertz CT molecular complexity index is 360. The largest absolute Gasteiger partial charge is 0.370 e. The highest BCUT2D eigenvalue weighted by molar-refractivity contribution is 5.56. The second-order valence-electron chi connectivity index (χ2n) is 4.85. The summed E-state index contributed by atoms with van der Waals surface area (Å²) in [5.74, 6) is 0. The molecule has 0 amide bonds. The highest BCUT2D eigenvalue weighted by Gasteiger charge is 2.17. The lowest BCUT2D eigenvalue weighted by atomic mass is 9.99. The Hall–Kier alpha value is -1.02. The third kappa shape index (κ3) is 2.38. The zero-order chi connectivity index (χ0) is 11.5. The molecule has 1 aromatic carbocycles. The van der Waals surface area contributed by atoms with E-state index in [1.165, 1.54) is 29.7 Å². The number of hydrogen-bond donors (Lipinski definition) is 1. The number of nitrogens with zero attached hydrogens (tertiary/aromatic N) is 1. The van der Waals surface area contributed by atoms with Crippen molar-refractivity contribution in [2.24, 2.45) is 5.73 Å². The molecular formula is C14H22N2. The second kappa shape index (κ2) is 4.88. The Morgan fingerprint density at radius 1 is 1.44 bits per heavy atom. The van der Waals surface area contributed by atoms with Gasteiger partial charge in [-0.2, -0.15) is 0 Å². The average molecular weight is 218 g/mol. The van der Waals surface area contributed by atoms with Crippen molar-refractivity contribution in [3.8, 4) is 0 Å². The number of anilines is 1. The van der Waals surface area contributed by atoms with Crippen molar-refractivity contribution in [3.05, 3.63) is 29.3 Å². The molecule has 2 N–H and O–H groups in total. The Morgan fingerprint density at radius 2 is 2.25 bits per heavy atom. The number of aryl methyl sites for hydroxylation is 2. The Balaban J connectivity index is 2.19. The fraction of sp³-hybridized carbons (Fsp3) is 0.571. The van der Waals surface area contributed by atoms with E-state index in [0.717, 1.165) is 19.5 Å². The maximum atomic E-state index is 6.05. The number of fused-ring (bicyclic) bond motifs is 1. The van der Waals surface area contributed by atoms with E-state index in [0.29, 0.717) is 6.04 Å². The summed E-state index contributed by atoms with van der Waals surface area (Å²) in [4.78, 5) is 2.45. The second-order valence-corrected chi connectivity index (χ2v) is 4.85. The molecule has 1 heterocycles. The van der Waals surface area contributed by atoms with Crippen molar-refractivity contribution < 1.29 is 0 Å². The fourth-order valence-electron chi connectivity index (χ4n) is 2.41. The summed E-state index contributed by atoms with van der Waals surface area (Å²) >= 11 is 0. The van der Waals surface area contributed by atoms with E-state index in [1.54, 1.807) is 0 Å². The lowest BCUT2D eigenvalue weighted by Gasteiger charge is -2.33. The molecule has 88 valence electrons. The van der Waals surface area contributed by atoms with Gasteiger partial charge in [0.1, 0.15) is 0 Å². The minimum atomic E-state index is 0.298. The first-order valence-corrected chi connectivity index (χ1v) is 6.30. The fourth-order valence-corrected chi connectivity index (χ4v) is 2.41. The quantitative estimate of drug-likeness (QED) is 0.844. The molecule has 0 bridgehead atoms. The van der Waals surface area contributed by atoms with Crippen LogP contribution in [0.5, 0.6) is 0 Å². The van der Waals surface area contributed by atoms with Crippen LogP contribution >= 0.6 is 0 Å². The number of nitrogens with two attached hydrogens (primary N) is 1. The number of hydrogen-bond acceptors (Lipinski definition) is 2. The molecule has 0 aromatic heterocycles. The molecule has 1 unspecified atom stereocenters. The topological polar surface area (TPSA) is 29.3 Å². The van der Waals surface area contributed by atoms with Crippen LogP contribution in [0.25, 0.3) is 0 Å². The maximum Gasteiger partial charge on any atom is 0.0399 e. The van der Waals surface area contributed by atoms with Gasteiger partial charge in [0.05, 0.1) is 0 Å². The molecule has 0 saturated carbocycles. The van der Waals surface area contributed by atoms with Crippen molar-refractivity contribution in [1.29, 1.82) is 0 Å². The number of rotatable bonds is 3. The average Bonchev–Trinajstić information content (AvgIpc) is 2.28. The molecule has 1 atom stereocenters. The van der Waals surface area contributed by atoms with Crippen LogP contribution in [0, 0.1) is 6.92 Å². The van der Waals surface area contributed by atoms with Crippen LogP contribution in [-0.4, -0.2) is 19.1 Å². The summed E-state index contributed by atoms with van der Waals surface area (Å²) in [7, 11) is 0. The van der Waals surface area contributed by atoms with Gasteiger partial charge in [0.15, 0.2) is 0 Å². The Labute approximate surface area is 98.4 Å². The first-order chi connectivity index (χ1) is 7.70. The third-order valence-electron chi connectivity index (χ3n) is 3.43. The van der Waals surface area contributed by atoms with Gasteiger partial charge in [0.25, 0.3) is 0 Å². The van der Waals surface area contributed by atoms with Crippen LogP contribution in [0.2, 0.25) is 0 Å². The van der Waals surface area contributed by atoms with Crippen molar-refractivity contribution in [2.45, 2.75) is 39.2 Å². The maximum absolute atomic E-state index is 6.05. The lowest BCUT2D eigenvalue weighted by molar-refractivity contribution is 0.591. The Morgan fingerprint density at radius 3 is 3.00 bits per heavy atom. The van der Waals surface area contributed by atoms with Crippen molar-refractivity contribution >= 4 is 5.69 Å². The summed E-state index contributed by atoms with van der Waals surface area (Å²) in [6.45, 7) is 6.47. The predicted octanol–water partition coefficient (Wildman–Crippen LogP) is 2.48. The van der Waals surface area contributed by atoms with E-state index in [1.807, 2.05) is 0 Å². The molecule has 0 saturated heterocycles. The smallest absolute Gasteiger partial charge is 0.0399 e. The van der Waals surface area contributed by atoms with E-state index in [2.05, 4.69) is 36.9 Å². The van der Waals surface area contributed by atoms with Gasteiger partial charge < -0.3 is 10.6 Å². The highest BCUT2D eigenvalue weighted by Crippen LogP contribution is 2.27. The molecule has 2 nitrogen and oxygen atoms in total. The van der Waals surface area contributed by atoms with Gasteiger partial charge in [-0.3, -0.25) is 0 Å². The van der Waals surface area contributed by atoms with Crippen LogP contribution in [0.4, 0.5) is 5.69 Å². The van der Waals surface area contributed by atoms with E-state index in [9.17, 15) is 0 Å². The molecule has 0 aliphatic carbocycles. The summed E-state index contributed by atoms with van der Waals surface area (Å²) < 4.78 is 0. The molecular weight excluding hydrogens is 196 g/mol. The van der Waals surface area contributed by atoms with E-state index < -0.39 is 0 Å². The molecule has 1 aliphatic heterocycles. The van der Waals surface area contributed by atoms with Crippen LogP contribution in [-0.2, 0) is 6.42 Å². The van der Waals surface area contributed by atoms with Gasteiger partial charge in [0, 0.05) is 24.8 Å². The Kier molecular flexibility index (Phi) is 3.49. The van der Waals surface area contributed by atoms with Gasteiger partial charge in [-0.05, 0) is 37.8 Å². The van der Waals surface area contributed by atoms with Crippen molar-refractivity contribution in [1.82, 2.24) is 0 Å². The zero-order valence-corrected chi connectivity index (χ0v) is 10.4. The minimum absolute atomic E-state index is 0.298. The highest BCUT2D eigenvalue weighted by atomic mass is 15.1. The normalized spacial score (nSPS) is 17.1. The van der Waals surface area contributed by atoms with Gasteiger partial charge in [-0.15, -0.1) is 0 Å². The molecule has 0 fully saturated rings. The molecule has 16 heavy (non-hydrogen) atoms. The van der Waals surface area contributed by atoms with Gasteiger partial charge >= 0.3 is 0 Å². The molecule has 2 heteroatoms. The van der Waals surface area contributed by atoms with E-state index >= 15 is 0 Å². The molecule has 0 radical (unpaired) electrons. The van der Waals surface area contributed by atoms with Crippen LogP contribution in [0.3, 0.4) is 0 Å². The van der Waals surface area contributed by atoms with Crippen LogP contribution in [0.1, 0.15) is 30.9 Å². The van der Waals surface area contributed by atoms with Crippen molar-refractivity contribution in [2.75, 3.05) is 18.0 Å². The number of benzene rings is 1.